The number of nitrogens with zero attached hydrogens (tertiary/aromatic N) is 4. The Morgan fingerprint density at radius 2 is 2.07 bits per heavy atom. The largest absolute Gasteiger partial charge is 0.435 e. The van der Waals surface area contributed by atoms with Gasteiger partial charge in [0.2, 0.25) is 0 Å². The number of benzene rings is 1. The fraction of sp³-hybridized carbons (Fsp3) is 0.400. The summed E-state index contributed by atoms with van der Waals surface area (Å²) in [6.07, 6.45) is -3.49. The second-order valence-electron chi connectivity index (χ2n) is 7.62. The number of cyclic esters (lactones) is 1. The van der Waals surface area contributed by atoms with Crippen LogP contribution in [-0.2, 0) is 4.74 Å². The van der Waals surface area contributed by atoms with Crippen LogP contribution >= 0.6 is 0 Å². The molecule has 8 nitrogen and oxygen atoms in total. The zero-order valence-corrected chi connectivity index (χ0v) is 16.2. The number of carbonyl (C=O) groups is 1. The Labute approximate surface area is 170 Å². The van der Waals surface area contributed by atoms with Gasteiger partial charge in [-0.25, -0.2) is 23.5 Å². The van der Waals surface area contributed by atoms with Crippen molar-refractivity contribution in [2.75, 3.05) is 18.4 Å². The van der Waals surface area contributed by atoms with Crippen LogP contribution in [0.5, 0.6) is 0 Å². The first-order valence-corrected chi connectivity index (χ1v) is 9.83. The molecule has 5 rings (SSSR count). The summed E-state index contributed by atoms with van der Waals surface area (Å²) in [7, 11) is 0. The maximum atomic E-state index is 13.7. The van der Waals surface area contributed by atoms with Gasteiger partial charge in [0.15, 0.2) is 6.10 Å². The molecule has 0 spiro atoms. The highest BCUT2D eigenvalue weighted by molar-refractivity contribution is 5.95. The van der Waals surface area contributed by atoms with Gasteiger partial charge < -0.3 is 10.1 Å². The Kier molecular flexibility index (Phi) is 4.58. The highest BCUT2D eigenvalue weighted by Gasteiger charge is 2.38. The van der Waals surface area contributed by atoms with E-state index in [9.17, 15) is 13.6 Å². The number of alkyl halides is 2. The topological polar surface area (TPSA) is 94.0 Å². The van der Waals surface area contributed by atoms with E-state index in [2.05, 4.69) is 27.5 Å². The molecule has 3 atom stereocenters. The first kappa shape index (κ1) is 18.9. The number of amides is 1. The van der Waals surface area contributed by atoms with Gasteiger partial charge in [-0.05, 0) is 31.5 Å². The quantitative estimate of drug-likeness (QED) is 0.681. The third-order valence-electron chi connectivity index (χ3n) is 5.74. The van der Waals surface area contributed by atoms with Crippen LogP contribution in [0, 0.1) is 5.92 Å². The highest BCUT2D eigenvalue weighted by Crippen LogP contribution is 2.41. The van der Waals surface area contributed by atoms with Crippen molar-refractivity contribution < 1.29 is 18.3 Å². The molecule has 0 bridgehead atoms. The zero-order valence-electron chi connectivity index (χ0n) is 16.2. The third-order valence-corrected chi connectivity index (χ3v) is 5.74. The molecule has 0 aliphatic carbocycles. The van der Waals surface area contributed by atoms with Gasteiger partial charge in [0.25, 0.3) is 6.43 Å². The van der Waals surface area contributed by atoms with Gasteiger partial charge in [0.05, 0.1) is 17.1 Å². The number of hydrogen-bond donors (Lipinski definition) is 2. The summed E-state index contributed by atoms with van der Waals surface area (Å²) in [6.45, 7) is 3.93. The molecule has 3 aromatic rings. The average molecular weight is 414 g/mol. The molecule has 4 heterocycles. The summed E-state index contributed by atoms with van der Waals surface area (Å²) in [5.41, 5.74) is 1.66. The Hall–Kier alpha value is -3.14. The second-order valence-corrected chi connectivity index (χ2v) is 7.62. The fourth-order valence-electron chi connectivity index (χ4n) is 4.31. The van der Waals surface area contributed by atoms with Crippen LogP contribution in [0.4, 0.5) is 19.4 Å². The number of halogens is 2. The molecule has 30 heavy (non-hydrogen) atoms. The Balaban J connectivity index is 1.72. The normalized spacial score (nSPS) is 23.9. The number of ether oxygens (including phenoxy) is 1. The molecule has 2 aromatic heterocycles. The molecule has 1 fully saturated rings. The van der Waals surface area contributed by atoms with Gasteiger partial charge >= 0.3 is 6.09 Å². The van der Waals surface area contributed by atoms with Crippen molar-refractivity contribution in [2.45, 2.75) is 31.9 Å². The summed E-state index contributed by atoms with van der Waals surface area (Å²) < 4.78 is 34.3. The van der Waals surface area contributed by atoms with E-state index in [4.69, 9.17) is 9.84 Å². The molecule has 1 saturated heterocycles. The smallest absolute Gasteiger partial charge is 0.413 e. The van der Waals surface area contributed by atoms with Crippen molar-refractivity contribution in [3.05, 3.63) is 36.2 Å². The molecule has 2 aliphatic rings. The van der Waals surface area contributed by atoms with Crippen LogP contribution in [0.1, 0.15) is 31.1 Å². The maximum Gasteiger partial charge on any atom is 0.413 e. The minimum absolute atomic E-state index is 0.0235. The third kappa shape index (κ3) is 2.98. The molecule has 2 aliphatic heterocycles. The number of carbonyl (C=O) groups excluding carboxylic acids is 1. The van der Waals surface area contributed by atoms with Crippen LogP contribution in [-0.4, -0.2) is 45.4 Å². The number of fused-ring (bicyclic) bond motifs is 2. The van der Waals surface area contributed by atoms with Gasteiger partial charge in [0.1, 0.15) is 23.5 Å². The fourth-order valence-corrected chi connectivity index (χ4v) is 4.31. The van der Waals surface area contributed by atoms with Gasteiger partial charge in [-0.15, -0.1) is 0 Å². The SMILES string of the molecule is C[C@@H]1CNCC[C@@H]1n1nc(-c2ncnc3c2[C@H](C(F)F)OC(=O)N3)c2ccccc21. The van der Waals surface area contributed by atoms with Crippen LogP contribution in [0.15, 0.2) is 30.6 Å². The average Bonchev–Trinajstić information content (AvgIpc) is 3.12. The van der Waals surface area contributed by atoms with Crippen molar-refractivity contribution in [3.63, 3.8) is 0 Å². The standard InChI is InChI=1S/C20H20F2N6O2/c1-10-8-23-7-6-12(10)28-13-5-3-2-4-11(13)15(27-28)16-14-17(18(21)22)30-20(29)26-19(14)25-9-24-16/h2-5,9-10,12,17-18,23H,6-8H2,1H3,(H,24,25,26,29)/t10-,12+,17-/m1/s1. The van der Waals surface area contributed by atoms with Crippen LogP contribution < -0.4 is 10.6 Å². The van der Waals surface area contributed by atoms with E-state index >= 15 is 0 Å². The van der Waals surface area contributed by atoms with Crippen LogP contribution in [0.3, 0.4) is 0 Å². The monoisotopic (exact) mass is 414 g/mol. The minimum atomic E-state index is -2.92. The van der Waals surface area contributed by atoms with Crippen molar-refractivity contribution in [2.24, 2.45) is 5.92 Å². The van der Waals surface area contributed by atoms with E-state index in [0.717, 1.165) is 30.4 Å². The number of hydrogen-bond acceptors (Lipinski definition) is 6. The van der Waals surface area contributed by atoms with E-state index in [0.29, 0.717) is 11.6 Å². The predicted octanol–water partition coefficient (Wildman–Crippen LogP) is 3.53. The molecule has 156 valence electrons. The number of aromatic nitrogens is 4. The summed E-state index contributed by atoms with van der Waals surface area (Å²) in [6, 6.07) is 7.84. The minimum Gasteiger partial charge on any atom is -0.435 e. The summed E-state index contributed by atoms with van der Waals surface area (Å²) >= 11 is 0. The van der Waals surface area contributed by atoms with E-state index in [1.807, 2.05) is 28.9 Å². The lowest BCUT2D eigenvalue weighted by atomic mass is 9.95. The zero-order chi connectivity index (χ0) is 20.8. The molecular formula is C20H20F2N6O2. The Morgan fingerprint density at radius 1 is 1.23 bits per heavy atom. The van der Waals surface area contributed by atoms with Crippen LogP contribution in [0.2, 0.25) is 0 Å². The Morgan fingerprint density at radius 3 is 2.87 bits per heavy atom. The van der Waals surface area contributed by atoms with Crippen molar-refractivity contribution in [3.8, 4) is 11.4 Å². The molecule has 1 aromatic carbocycles. The van der Waals surface area contributed by atoms with Crippen molar-refractivity contribution >= 4 is 22.8 Å². The van der Waals surface area contributed by atoms with Crippen molar-refractivity contribution in [1.82, 2.24) is 25.1 Å². The number of nitrogens with one attached hydrogen (secondary N) is 2. The van der Waals surface area contributed by atoms with E-state index < -0.39 is 18.6 Å². The van der Waals surface area contributed by atoms with E-state index in [-0.39, 0.29) is 23.1 Å². The molecule has 10 heteroatoms. The molecular weight excluding hydrogens is 394 g/mol. The number of rotatable bonds is 3. The molecule has 1 amide bonds. The summed E-state index contributed by atoms with van der Waals surface area (Å²) in [5, 5.41) is 11.4. The van der Waals surface area contributed by atoms with E-state index in [1.54, 1.807) is 0 Å². The van der Waals surface area contributed by atoms with Gasteiger partial charge in [-0.1, -0.05) is 25.1 Å². The molecule has 0 unspecified atom stereocenters. The lowest BCUT2D eigenvalue weighted by Gasteiger charge is -2.30. The summed E-state index contributed by atoms with van der Waals surface area (Å²) in [4.78, 5) is 20.0. The first-order valence-electron chi connectivity index (χ1n) is 9.83. The second kappa shape index (κ2) is 7.28. The molecule has 0 saturated carbocycles. The maximum absolute atomic E-state index is 13.7. The number of anilines is 1. The number of piperidine rings is 1. The van der Waals surface area contributed by atoms with Gasteiger partial charge in [-0.3, -0.25) is 10.00 Å². The molecule has 0 radical (unpaired) electrons. The number of para-hydroxylation sites is 1. The Bertz CT molecular complexity index is 1120. The van der Waals surface area contributed by atoms with Crippen molar-refractivity contribution in [1.29, 1.82) is 0 Å². The highest BCUT2D eigenvalue weighted by atomic mass is 19.3. The van der Waals surface area contributed by atoms with Gasteiger partial charge in [0, 0.05) is 5.39 Å². The van der Waals surface area contributed by atoms with Crippen LogP contribution in [0.25, 0.3) is 22.3 Å². The lowest BCUT2D eigenvalue weighted by Crippen LogP contribution is -2.36. The van der Waals surface area contributed by atoms with E-state index in [1.165, 1.54) is 6.33 Å². The predicted molar refractivity (Wildman–Crippen MR) is 105 cm³/mol. The summed E-state index contributed by atoms with van der Waals surface area (Å²) in [5.74, 6) is 0.376. The first-order chi connectivity index (χ1) is 14.5. The van der Waals surface area contributed by atoms with Gasteiger partial charge in [-0.2, -0.15) is 5.10 Å². The lowest BCUT2D eigenvalue weighted by molar-refractivity contribution is -0.0170. The molecule has 2 N–H and O–H groups in total.